The van der Waals surface area contributed by atoms with Gasteiger partial charge < -0.3 is 0 Å². The fourth-order valence-corrected chi connectivity index (χ4v) is 1.87. The van der Waals surface area contributed by atoms with E-state index in [0.29, 0.717) is 15.6 Å². The Morgan fingerprint density at radius 1 is 1.38 bits per heavy atom. The molecule has 0 bridgehead atoms. The summed E-state index contributed by atoms with van der Waals surface area (Å²) in [5.74, 6) is -0.311. The predicted octanol–water partition coefficient (Wildman–Crippen LogP) is 4.15. The molecule has 0 N–H and O–H groups in total. The molecule has 0 amide bonds. The molecule has 0 aromatic heterocycles. The predicted molar refractivity (Wildman–Crippen MR) is 66.0 cm³/mol. The van der Waals surface area contributed by atoms with Crippen LogP contribution in [0.4, 0.5) is 0 Å². The van der Waals surface area contributed by atoms with Crippen molar-refractivity contribution in [2.45, 2.75) is 32.2 Å². The Kier molecular flexibility index (Phi) is 3.81. The summed E-state index contributed by atoms with van der Waals surface area (Å²) < 4.78 is 0. The fraction of sp³-hybridized carbons (Fsp3) is 0.455. The molecule has 1 aromatic carbocycles. The Labute approximate surface area is 105 Å². The molecule has 88 valence electrons. The SMILES string of the molecule is CC(c1cccc(Cl)c1Cl)C(C)(C)[N+](=O)[O-]. The molecule has 1 rings (SSSR count). The number of rotatable bonds is 3. The third-order valence-corrected chi connectivity index (χ3v) is 3.81. The van der Waals surface area contributed by atoms with Crippen molar-refractivity contribution in [1.29, 1.82) is 0 Å². The van der Waals surface area contributed by atoms with E-state index in [4.69, 9.17) is 23.2 Å². The molecule has 3 nitrogen and oxygen atoms in total. The van der Waals surface area contributed by atoms with Crippen LogP contribution in [0.1, 0.15) is 32.3 Å². The monoisotopic (exact) mass is 261 g/mol. The summed E-state index contributed by atoms with van der Waals surface area (Å²) in [6.07, 6.45) is 0. The Morgan fingerprint density at radius 3 is 2.44 bits per heavy atom. The molecule has 0 saturated carbocycles. The van der Waals surface area contributed by atoms with Gasteiger partial charge in [0.05, 0.1) is 16.0 Å². The summed E-state index contributed by atoms with van der Waals surface area (Å²) in [6.45, 7) is 4.93. The van der Waals surface area contributed by atoms with Gasteiger partial charge in [0.25, 0.3) is 0 Å². The van der Waals surface area contributed by atoms with E-state index in [2.05, 4.69) is 0 Å². The van der Waals surface area contributed by atoms with Crippen molar-refractivity contribution < 1.29 is 4.92 Å². The van der Waals surface area contributed by atoms with Crippen molar-refractivity contribution in [2.75, 3.05) is 0 Å². The third-order valence-electron chi connectivity index (χ3n) is 2.98. The standard InChI is InChI=1S/C11H13Cl2NO2/c1-7(11(2,3)14(15)16)8-5-4-6-9(12)10(8)13/h4-7H,1-3H3. The van der Waals surface area contributed by atoms with Crippen LogP contribution in [0.15, 0.2) is 18.2 Å². The number of hydrogen-bond donors (Lipinski definition) is 0. The topological polar surface area (TPSA) is 43.1 Å². The zero-order chi connectivity index (χ0) is 12.5. The van der Waals surface area contributed by atoms with Gasteiger partial charge in [0.2, 0.25) is 5.54 Å². The minimum absolute atomic E-state index is 0.297. The molecule has 16 heavy (non-hydrogen) atoms. The largest absolute Gasteiger partial charge is 0.264 e. The Bertz CT molecular complexity index is 418. The van der Waals surface area contributed by atoms with Gasteiger partial charge in [0.15, 0.2) is 0 Å². The minimum atomic E-state index is -1.08. The Hall–Kier alpha value is -0.800. The quantitative estimate of drug-likeness (QED) is 0.606. The molecule has 1 aromatic rings. The molecular weight excluding hydrogens is 249 g/mol. The van der Waals surface area contributed by atoms with Crippen LogP contribution in [0.5, 0.6) is 0 Å². The van der Waals surface area contributed by atoms with Gasteiger partial charge in [-0.05, 0) is 11.6 Å². The first kappa shape index (κ1) is 13.3. The van der Waals surface area contributed by atoms with Crippen LogP contribution in [0.2, 0.25) is 10.0 Å². The highest BCUT2D eigenvalue weighted by Crippen LogP contribution is 2.37. The molecule has 0 saturated heterocycles. The van der Waals surface area contributed by atoms with Gasteiger partial charge >= 0.3 is 0 Å². The van der Waals surface area contributed by atoms with Crippen molar-refractivity contribution in [2.24, 2.45) is 0 Å². The van der Waals surface area contributed by atoms with Crippen LogP contribution in [-0.4, -0.2) is 10.5 Å². The van der Waals surface area contributed by atoms with Gasteiger partial charge in [-0.3, -0.25) is 10.1 Å². The van der Waals surface area contributed by atoms with Gasteiger partial charge in [0, 0.05) is 18.8 Å². The van der Waals surface area contributed by atoms with Crippen molar-refractivity contribution in [3.63, 3.8) is 0 Å². The van der Waals surface area contributed by atoms with E-state index in [-0.39, 0.29) is 10.8 Å². The first-order valence-corrected chi connectivity index (χ1v) is 5.62. The lowest BCUT2D eigenvalue weighted by atomic mass is 9.84. The molecule has 0 heterocycles. The van der Waals surface area contributed by atoms with Gasteiger partial charge in [0.1, 0.15) is 0 Å². The van der Waals surface area contributed by atoms with Gasteiger partial charge in [-0.2, -0.15) is 0 Å². The summed E-state index contributed by atoms with van der Waals surface area (Å²) >= 11 is 11.9. The zero-order valence-electron chi connectivity index (χ0n) is 9.33. The molecule has 0 aliphatic heterocycles. The maximum Gasteiger partial charge on any atom is 0.223 e. The molecule has 0 radical (unpaired) electrons. The van der Waals surface area contributed by atoms with E-state index in [1.165, 1.54) is 0 Å². The molecule has 1 unspecified atom stereocenters. The maximum atomic E-state index is 11.0. The molecule has 0 aliphatic carbocycles. The summed E-state index contributed by atoms with van der Waals surface area (Å²) in [5, 5.41) is 11.8. The van der Waals surface area contributed by atoms with Crippen LogP contribution >= 0.6 is 23.2 Å². The van der Waals surface area contributed by atoms with E-state index < -0.39 is 5.54 Å². The molecule has 5 heteroatoms. The Morgan fingerprint density at radius 2 is 1.94 bits per heavy atom. The van der Waals surface area contributed by atoms with Crippen molar-refractivity contribution in [1.82, 2.24) is 0 Å². The van der Waals surface area contributed by atoms with Crippen LogP contribution in [-0.2, 0) is 0 Å². The van der Waals surface area contributed by atoms with Crippen molar-refractivity contribution >= 4 is 23.2 Å². The van der Waals surface area contributed by atoms with E-state index in [1.807, 2.05) is 0 Å². The lowest BCUT2D eigenvalue weighted by Crippen LogP contribution is -2.36. The number of hydrogen-bond acceptors (Lipinski definition) is 2. The molecule has 0 spiro atoms. The van der Waals surface area contributed by atoms with E-state index in [0.717, 1.165) is 0 Å². The number of nitro groups is 1. The normalized spacial score (nSPS) is 13.6. The zero-order valence-corrected chi connectivity index (χ0v) is 10.8. The Balaban J connectivity index is 3.20. The summed E-state index contributed by atoms with van der Waals surface area (Å²) in [7, 11) is 0. The molecule has 0 aliphatic rings. The maximum absolute atomic E-state index is 11.0. The van der Waals surface area contributed by atoms with E-state index in [9.17, 15) is 10.1 Å². The molecule has 0 fully saturated rings. The first-order chi connectivity index (χ1) is 7.28. The van der Waals surface area contributed by atoms with Crippen molar-refractivity contribution in [3.05, 3.63) is 43.9 Å². The second-order valence-electron chi connectivity index (χ2n) is 4.28. The smallest absolute Gasteiger partial charge is 0.223 e. The highest BCUT2D eigenvalue weighted by atomic mass is 35.5. The van der Waals surface area contributed by atoms with Gasteiger partial charge in [-0.1, -0.05) is 42.3 Å². The highest BCUT2D eigenvalue weighted by molar-refractivity contribution is 6.42. The van der Waals surface area contributed by atoms with Crippen LogP contribution < -0.4 is 0 Å². The fourth-order valence-electron chi connectivity index (χ4n) is 1.39. The summed E-state index contributed by atoms with van der Waals surface area (Å²) in [5.41, 5.74) is -0.371. The second kappa shape index (κ2) is 4.60. The second-order valence-corrected chi connectivity index (χ2v) is 5.06. The lowest BCUT2D eigenvalue weighted by molar-refractivity contribution is -0.564. The first-order valence-electron chi connectivity index (χ1n) is 4.87. The van der Waals surface area contributed by atoms with Gasteiger partial charge in [-0.25, -0.2) is 0 Å². The highest BCUT2D eigenvalue weighted by Gasteiger charge is 2.39. The number of halogens is 2. The van der Waals surface area contributed by atoms with E-state index >= 15 is 0 Å². The number of benzene rings is 1. The third kappa shape index (κ3) is 2.30. The molecule has 1 atom stereocenters. The van der Waals surface area contributed by atoms with E-state index in [1.54, 1.807) is 39.0 Å². The number of nitrogens with zero attached hydrogens (tertiary/aromatic N) is 1. The summed E-state index contributed by atoms with van der Waals surface area (Å²) in [4.78, 5) is 10.7. The summed E-state index contributed by atoms with van der Waals surface area (Å²) in [6, 6.07) is 5.18. The lowest BCUT2D eigenvalue weighted by Gasteiger charge is -2.24. The van der Waals surface area contributed by atoms with Crippen LogP contribution in [0.25, 0.3) is 0 Å². The average Bonchev–Trinajstić information content (AvgIpc) is 2.21. The minimum Gasteiger partial charge on any atom is -0.264 e. The van der Waals surface area contributed by atoms with Crippen LogP contribution in [0, 0.1) is 10.1 Å². The van der Waals surface area contributed by atoms with Gasteiger partial charge in [-0.15, -0.1) is 0 Å². The average molecular weight is 262 g/mol. The van der Waals surface area contributed by atoms with Crippen molar-refractivity contribution in [3.8, 4) is 0 Å². The van der Waals surface area contributed by atoms with Crippen LogP contribution in [0.3, 0.4) is 0 Å². The molecular formula is C11H13Cl2NO2.